The van der Waals surface area contributed by atoms with Gasteiger partial charge in [0.15, 0.2) is 11.5 Å². The van der Waals surface area contributed by atoms with E-state index in [1.54, 1.807) is 6.07 Å². The largest absolute Gasteiger partial charge is 0.504 e. The molecule has 2 fully saturated rings. The van der Waals surface area contributed by atoms with Crippen molar-refractivity contribution in [3.8, 4) is 11.5 Å². The molecule has 1 amide bonds. The van der Waals surface area contributed by atoms with Gasteiger partial charge in [-0.1, -0.05) is 0 Å². The van der Waals surface area contributed by atoms with Gasteiger partial charge in [0.05, 0.1) is 24.4 Å². The Bertz CT molecular complexity index is 634. The minimum Gasteiger partial charge on any atom is -0.504 e. The van der Waals surface area contributed by atoms with E-state index in [0.717, 1.165) is 13.0 Å². The summed E-state index contributed by atoms with van der Waals surface area (Å²) in [5.41, 5.74) is 1.38. The van der Waals surface area contributed by atoms with Crippen molar-refractivity contribution in [2.75, 3.05) is 13.7 Å². The molecule has 3 aliphatic rings. The zero-order chi connectivity index (χ0) is 13.9. The predicted molar refractivity (Wildman–Crippen MR) is 73.9 cm³/mol. The molecule has 1 saturated heterocycles. The number of benzene rings is 1. The summed E-state index contributed by atoms with van der Waals surface area (Å²) in [5, 5.41) is 9.82. The molecule has 1 aromatic carbocycles. The fourth-order valence-corrected chi connectivity index (χ4v) is 3.31. The quantitative estimate of drug-likeness (QED) is 0.851. The van der Waals surface area contributed by atoms with Crippen molar-refractivity contribution in [1.29, 1.82) is 0 Å². The van der Waals surface area contributed by atoms with Crippen molar-refractivity contribution < 1.29 is 14.6 Å². The van der Waals surface area contributed by atoms with E-state index in [4.69, 9.17) is 4.74 Å². The minimum atomic E-state index is -0.00965. The topological polar surface area (TPSA) is 62.1 Å². The summed E-state index contributed by atoms with van der Waals surface area (Å²) in [6.45, 7) is 0.825. The van der Waals surface area contributed by atoms with E-state index in [2.05, 4.69) is 4.99 Å². The van der Waals surface area contributed by atoms with Crippen molar-refractivity contribution in [3.63, 3.8) is 0 Å². The van der Waals surface area contributed by atoms with Crippen LogP contribution in [-0.4, -0.2) is 41.8 Å². The second-order valence-corrected chi connectivity index (χ2v) is 6.02. The lowest BCUT2D eigenvalue weighted by atomic mass is 10.0. The number of phenolic OH excluding ortho intramolecular Hbond substituents is 1. The number of aliphatic imine (C=N–C) groups is 1. The van der Waals surface area contributed by atoms with E-state index in [9.17, 15) is 9.90 Å². The van der Waals surface area contributed by atoms with Crippen molar-refractivity contribution in [3.05, 3.63) is 17.7 Å². The van der Waals surface area contributed by atoms with Crippen LogP contribution in [0.5, 0.6) is 11.5 Å². The normalized spacial score (nSPS) is 25.4. The van der Waals surface area contributed by atoms with Gasteiger partial charge in [0.1, 0.15) is 0 Å². The molecule has 1 unspecified atom stereocenters. The maximum absolute atomic E-state index is 12.7. The molecule has 5 nitrogen and oxygen atoms in total. The summed E-state index contributed by atoms with van der Waals surface area (Å²) < 4.78 is 5.09. The zero-order valence-corrected chi connectivity index (χ0v) is 11.3. The molecule has 1 aromatic rings. The first kappa shape index (κ1) is 11.8. The third-order valence-corrected chi connectivity index (χ3v) is 4.68. The van der Waals surface area contributed by atoms with Crippen LogP contribution in [0, 0.1) is 5.41 Å². The highest BCUT2D eigenvalue weighted by Gasteiger charge is 2.53. The second kappa shape index (κ2) is 3.75. The van der Waals surface area contributed by atoms with Crippen LogP contribution in [0.1, 0.15) is 29.6 Å². The average Bonchev–Trinajstić information content (AvgIpc) is 3.10. The van der Waals surface area contributed by atoms with Gasteiger partial charge in [-0.3, -0.25) is 9.79 Å². The molecule has 0 radical (unpaired) electrons. The molecule has 1 spiro atoms. The Labute approximate surface area is 116 Å². The first-order chi connectivity index (χ1) is 9.62. The Morgan fingerprint density at radius 2 is 2.25 bits per heavy atom. The van der Waals surface area contributed by atoms with E-state index >= 15 is 0 Å². The summed E-state index contributed by atoms with van der Waals surface area (Å²) in [5.74, 6) is 0.313. The predicted octanol–water partition coefficient (Wildman–Crippen LogP) is 2.11. The maximum atomic E-state index is 12.7. The van der Waals surface area contributed by atoms with Gasteiger partial charge in [0.25, 0.3) is 5.91 Å². The van der Waals surface area contributed by atoms with Gasteiger partial charge in [-0.05, 0) is 30.7 Å². The summed E-state index contributed by atoms with van der Waals surface area (Å²) >= 11 is 0. The molecule has 2 aliphatic heterocycles. The lowest BCUT2D eigenvalue weighted by molar-refractivity contribution is 0.0767. The van der Waals surface area contributed by atoms with Crippen LogP contribution in [-0.2, 0) is 0 Å². The molecule has 0 bridgehead atoms. The number of ether oxygens (including phenoxy) is 1. The Morgan fingerprint density at radius 3 is 2.95 bits per heavy atom. The molecule has 1 saturated carbocycles. The van der Waals surface area contributed by atoms with Gasteiger partial charge < -0.3 is 14.7 Å². The first-order valence-corrected chi connectivity index (χ1v) is 6.88. The molecule has 1 aliphatic carbocycles. The van der Waals surface area contributed by atoms with E-state index in [0.29, 0.717) is 22.4 Å². The highest BCUT2D eigenvalue weighted by molar-refractivity contribution is 6.03. The maximum Gasteiger partial charge on any atom is 0.256 e. The van der Waals surface area contributed by atoms with Gasteiger partial charge in [-0.2, -0.15) is 0 Å². The Hall–Kier alpha value is -2.04. The lowest BCUT2D eigenvalue weighted by Crippen LogP contribution is -2.35. The molecule has 104 valence electrons. The van der Waals surface area contributed by atoms with Crippen LogP contribution >= 0.6 is 0 Å². The molecule has 1 atom stereocenters. The van der Waals surface area contributed by atoms with Crippen LogP contribution in [0.15, 0.2) is 17.1 Å². The summed E-state index contributed by atoms with van der Waals surface area (Å²) in [7, 11) is 1.48. The van der Waals surface area contributed by atoms with E-state index in [1.807, 2.05) is 11.1 Å². The van der Waals surface area contributed by atoms with Crippen LogP contribution in [0.2, 0.25) is 0 Å². The number of nitrogens with zero attached hydrogens (tertiary/aromatic N) is 2. The zero-order valence-electron chi connectivity index (χ0n) is 11.3. The number of fused-ring (bicyclic) bond motifs is 2. The van der Waals surface area contributed by atoms with Crippen LogP contribution in [0.4, 0.5) is 5.69 Å². The molecule has 20 heavy (non-hydrogen) atoms. The van der Waals surface area contributed by atoms with Gasteiger partial charge in [-0.25, -0.2) is 0 Å². The average molecular weight is 272 g/mol. The molecule has 2 heterocycles. The number of hydrogen-bond donors (Lipinski definition) is 1. The fourth-order valence-electron chi connectivity index (χ4n) is 3.31. The van der Waals surface area contributed by atoms with Crippen molar-refractivity contribution in [2.24, 2.45) is 10.4 Å². The summed E-state index contributed by atoms with van der Waals surface area (Å²) in [6, 6.07) is 3.17. The first-order valence-electron chi connectivity index (χ1n) is 6.88. The smallest absolute Gasteiger partial charge is 0.256 e. The number of aromatic hydroxyl groups is 1. The molecule has 4 rings (SSSR count). The van der Waals surface area contributed by atoms with Gasteiger partial charge in [-0.15, -0.1) is 0 Å². The second-order valence-electron chi connectivity index (χ2n) is 6.02. The fraction of sp³-hybridized carbons (Fsp3) is 0.467. The van der Waals surface area contributed by atoms with Crippen molar-refractivity contribution in [2.45, 2.75) is 25.3 Å². The number of phenols is 1. The van der Waals surface area contributed by atoms with E-state index < -0.39 is 0 Å². The van der Waals surface area contributed by atoms with Crippen LogP contribution in [0.25, 0.3) is 0 Å². The van der Waals surface area contributed by atoms with Gasteiger partial charge in [0.2, 0.25) is 0 Å². The monoisotopic (exact) mass is 272 g/mol. The van der Waals surface area contributed by atoms with E-state index in [-0.39, 0.29) is 17.7 Å². The molecule has 5 heteroatoms. The minimum absolute atomic E-state index is 0.00965. The third-order valence-electron chi connectivity index (χ3n) is 4.68. The number of rotatable bonds is 1. The van der Waals surface area contributed by atoms with Crippen molar-refractivity contribution in [1.82, 2.24) is 4.90 Å². The third kappa shape index (κ3) is 1.55. The Balaban J connectivity index is 1.79. The highest BCUT2D eigenvalue weighted by atomic mass is 16.5. The van der Waals surface area contributed by atoms with Gasteiger partial charge >= 0.3 is 0 Å². The molecule has 0 aromatic heterocycles. The Kier molecular flexibility index (Phi) is 2.20. The molecular formula is C15H16N2O3. The number of carbonyl (C=O) groups is 1. The van der Waals surface area contributed by atoms with Gasteiger partial charge in [0, 0.05) is 18.8 Å². The van der Waals surface area contributed by atoms with Crippen LogP contribution in [0.3, 0.4) is 0 Å². The molecular weight excluding hydrogens is 256 g/mol. The summed E-state index contributed by atoms with van der Waals surface area (Å²) in [4.78, 5) is 19.0. The lowest BCUT2D eigenvalue weighted by Gasteiger charge is -2.20. The van der Waals surface area contributed by atoms with Crippen LogP contribution < -0.4 is 4.74 Å². The number of carbonyl (C=O) groups excluding carboxylic acids is 1. The highest BCUT2D eigenvalue weighted by Crippen LogP contribution is 2.55. The van der Waals surface area contributed by atoms with E-state index in [1.165, 1.54) is 26.0 Å². The van der Waals surface area contributed by atoms with Crippen molar-refractivity contribution >= 4 is 17.8 Å². The Morgan fingerprint density at radius 1 is 1.45 bits per heavy atom. The standard InChI is InChI=1S/C15H16N2O3/c1-20-13-4-10-11(5-12(13)18)16-7-9-6-15(2-3-15)8-17(9)14(10)19/h4-5,7,9,18H,2-3,6,8H2,1H3. The summed E-state index contributed by atoms with van der Waals surface area (Å²) in [6.07, 6.45) is 5.29. The SMILES string of the molecule is COc1cc2c(cc1O)N=CC1CC3(CC3)CN1C2=O. The number of amides is 1. The number of methoxy groups -OCH3 is 1. The molecule has 1 N–H and O–H groups in total. The number of hydrogen-bond acceptors (Lipinski definition) is 4.